The number of amides is 1. The highest BCUT2D eigenvalue weighted by Crippen LogP contribution is 2.17. The number of nitro benzene ring substituents is 1. The highest BCUT2D eigenvalue weighted by atomic mass is 19.1. The predicted octanol–water partition coefficient (Wildman–Crippen LogP) is 1.40. The van der Waals surface area contributed by atoms with Crippen LogP contribution >= 0.6 is 0 Å². The maximum Gasteiger partial charge on any atom is 0.304 e. The summed E-state index contributed by atoms with van der Waals surface area (Å²) in [6.45, 7) is 0.181. The van der Waals surface area contributed by atoms with E-state index in [4.69, 9.17) is 0 Å². The molecule has 8 heteroatoms. The number of benzene rings is 1. The molecule has 1 aromatic heterocycles. The molecule has 1 heterocycles. The largest absolute Gasteiger partial charge is 0.345 e. The topological polar surface area (TPSA) is 90.1 Å². The Kier molecular flexibility index (Phi) is 3.74. The van der Waals surface area contributed by atoms with E-state index in [0.29, 0.717) is 5.82 Å². The average Bonchev–Trinajstić information content (AvgIpc) is 2.81. The number of hydrogen-bond acceptors (Lipinski definition) is 4. The SMILES string of the molecule is Cn1ccnc1CNC(=O)c1ccc([N+](=O)[O-])c(F)c1. The molecule has 0 saturated carbocycles. The van der Waals surface area contributed by atoms with Gasteiger partial charge in [0.2, 0.25) is 5.82 Å². The number of carbonyl (C=O) groups is 1. The summed E-state index contributed by atoms with van der Waals surface area (Å²) in [6, 6.07) is 3.01. The highest BCUT2D eigenvalue weighted by molar-refractivity contribution is 5.94. The van der Waals surface area contributed by atoms with E-state index in [9.17, 15) is 19.3 Å². The van der Waals surface area contributed by atoms with Crippen molar-refractivity contribution in [2.75, 3.05) is 0 Å². The van der Waals surface area contributed by atoms with Gasteiger partial charge in [0.25, 0.3) is 5.91 Å². The summed E-state index contributed by atoms with van der Waals surface area (Å²) in [5, 5.41) is 13.0. The second-order valence-corrected chi connectivity index (χ2v) is 4.06. The third kappa shape index (κ3) is 2.79. The monoisotopic (exact) mass is 278 g/mol. The minimum absolute atomic E-state index is 0.0160. The van der Waals surface area contributed by atoms with Gasteiger partial charge in [-0.2, -0.15) is 4.39 Å². The number of halogens is 1. The van der Waals surface area contributed by atoms with Gasteiger partial charge in [-0.1, -0.05) is 0 Å². The van der Waals surface area contributed by atoms with E-state index in [1.165, 1.54) is 6.07 Å². The third-order valence-corrected chi connectivity index (χ3v) is 2.73. The lowest BCUT2D eigenvalue weighted by Gasteiger charge is -2.05. The molecule has 0 radical (unpaired) electrons. The summed E-state index contributed by atoms with van der Waals surface area (Å²) in [4.78, 5) is 25.5. The molecule has 0 unspecified atom stereocenters. The molecule has 1 N–H and O–H groups in total. The van der Waals surface area contributed by atoms with Crippen LogP contribution in [-0.4, -0.2) is 20.4 Å². The summed E-state index contributed by atoms with van der Waals surface area (Å²) >= 11 is 0. The van der Waals surface area contributed by atoms with Crippen LogP contribution in [0.3, 0.4) is 0 Å². The number of carbonyl (C=O) groups excluding carboxylic acids is 1. The standard InChI is InChI=1S/C12H11FN4O3/c1-16-5-4-14-11(16)7-15-12(18)8-2-3-10(17(19)20)9(13)6-8/h2-6H,7H2,1H3,(H,15,18). The summed E-state index contributed by atoms with van der Waals surface area (Å²) < 4.78 is 15.1. The number of aromatic nitrogens is 2. The predicted molar refractivity (Wildman–Crippen MR) is 67.4 cm³/mol. The molecular formula is C12H11FN4O3. The van der Waals surface area contributed by atoms with Crippen LogP contribution in [0.15, 0.2) is 30.6 Å². The Hall–Kier alpha value is -2.77. The van der Waals surface area contributed by atoms with Crippen molar-refractivity contribution in [3.05, 3.63) is 57.9 Å². The Balaban J connectivity index is 2.08. The lowest BCUT2D eigenvalue weighted by Crippen LogP contribution is -2.24. The Morgan fingerprint density at radius 3 is 2.85 bits per heavy atom. The third-order valence-electron chi connectivity index (χ3n) is 2.73. The van der Waals surface area contributed by atoms with E-state index in [2.05, 4.69) is 10.3 Å². The summed E-state index contributed by atoms with van der Waals surface area (Å²) in [7, 11) is 1.78. The quantitative estimate of drug-likeness (QED) is 0.676. The van der Waals surface area contributed by atoms with Gasteiger partial charge in [0.15, 0.2) is 0 Å². The number of imidazole rings is 1. The van der Waals surface area contributed by atoms with Crippen LogP contribution in [0.4, 0.5) is 10.1 Å². The molecule has 0 aliphatic rings. The Labute approximate surface area is 113 Å². The van der Waals surface area contributed by atoms with Gasteiger partial charge in [-0.15, -0.1) is 0 Å². The fraction of sp³-hybridized carbons (Fsp3) is 0.167. The summed E-state index contributed by atoms with van der Waals surface area (Å²) in [5.41, 5.74) is -0.645. The van der Waals surface area contributed by atoms with E-state index in [1.54, 1.807) is 24.0 Å². The van der Waals surface area contributed by atoms with Gasteiger partial charge in [-0.3, -0.25) is 14.9 Å². The van der Waals surface area contributed by atoms with Crippen LogP contribution in [0, 0.1) is 15.9 Å². The fourth-order valence-corrected chi connectivity index (χ4v) is 1.62. The van der Waals surface area contributed by atoms with Crippen molar-refractivity contribution < 1.29 is 14.1 Å². The minimum Gasteiger partial charge on any atom is -0.345 e. The van der Waals surface area contributed by atoms with Crippen LogP contribution in [0.1, 0.15) is 16.2 Å². The van der Waals surface area contributed by atoms with Crippen LogP contribution in [0.2, 0.25) is 0 Å². The Morgan fingerprint density at radius 2 is 2.30 bits per heavy atom. The van der Waals surface area contributed by atoms with Gasteiger partial charge < -0.3 is 9.88 Å². The van der Waals surface area contributed by atoms with E-state index in [-0.39, 0.29) is 12.1 Å². The molecule has 0 spiro atoms. The first-order valence-corrected chi connectivity index (χ1v) is 5.67. The van der Waals surface area contributed by atoms with Gasteiger partial charge >= 0.3 is 5.69 Å². The first-order valence-electron chi connectivity index (χ1n) is 5.67. The van der Waals surface area contributed by atoms with Gasteiger partial charge in [0.1, 0.15) is 5.82 Å². The van der Waals surface area contributed by atoms with E-state index >= 15 is 0 Å². The molecular weight excluding hydrogens is 267 g/mol. The molecule has 1 amide bonds. The molecule has 0 saturated heterocycles. The van der Waals surface area contributed by atoms with Gasteiger partial charge in [-0.05, 0) is 12.1 Å². The van der Waals surface area contributed by atoms with Gasteiger partial charge in [-0.25, -0.2) is 4.98 Å². The zero-order valence-electron chi connectivity index (χ0n) is 10.5. The van der Waals surface area contributed by atoms with Crippen molar-refractivity contribution in [1.29, 1.82) is 0 Å². The maximum absolute atomic E-state index is 13.4. The molecule has 2 aromatic rings. The van der Waals surface area contributed by atoms with Crippen molar-refractivity contribution in [3.63, 3.8) is 0 Å². The zero-order chi connectivity index (χ0) is 14.7. The molecule has 0 atom stereocenters. The molecule has 0 bridgehead atoms. The second-order valence-electron chi connectivity index (χ2n) is 4.06. The van der Waals surface area contributed by atoms with Gasteiger partial charge in [0.05, 0.1) is 11.5 Å². The first kappa shape index (κ1) is 13.7. The second kappa shape index (κ2) is 5.47. The lowest BCUT2D eigenvalue weighted by molar-refractivity contribution is -0.387. The lowest BCUT2D eigenvalue weighted by atomic mass is 10.2. The van der Waals surface area contributed by atoms with E-state index < -0.39 is 22.3 Å². The summed E-state index contributed by atoms with van der Waals surface area (Å²) in [6.07, 6.45) is 3.32. The number of nitrogens with zero attached hydrogens (tertiary/aromatic N) is 3. The normalized spacial score (nSPS) is 10.3. The number of nitrogens with one attached hydrogen (secondary N) is 1. The molecule has 104 valence electrons. The number of aryl methyl sites for hydroxylation is 1. The fourth-order valence-electron chi connectivity index (χ4n) is 1.62. The van der Waals surface area contributed by atoms with Crippen LogP contribution in [0.5, 0.6) is 0 Å². The van der Waals surface area contributed by atoms with E-state index in [0.717, 1.165) is 12.1 Å². The van der Waals surface area contributed by atoms with Crippen LogP contribution in [0.25, 0.3) is 0 Å². The molecule has 20 heavy (non-hydrogen) atoms. The number of rotatable bonds is 4. The zero-order valence-corrected chi connectivity index (χ0v) is 10.5. The minimum atomic E-state index is -1.04. The molecule has 1 aromatic carbocycles. The Morgan fingerprint density at radius 1 is 1.55 bits per heavy atom. The summed E-state index contributed by atoms with van der Waals surface area (Å²) in [5.74, 6) is -0.929. The first-order chi connectivity index (χ1) is 9.49. The maximum atomic E-state index is 13.4. The van der Waals surface area contributed by atoms with Crippen LogP contribution < -0.4 is 5.32 Å². The van der Waals surface area contributed by atoms with Crippen molar-refractivity contribution in [2.24, 2.45) is 7.05 Å². The van der Waals surface area contributed by atoms with Gasteiger partial charge in [0, 0.05) is 31.1 Å². The van der Waals surface area contributed by atoms with Crippen LogP contribution in [-0.2, 0) is 13.6 Å². The van der Waals surface area contributed by atoms with Crippen molar-refractivity contribution in [1.82, 2.24) is 14.9 Å². The van der Waals surface area contributed by atoms with E-state index in [1.807, 2.05) is 0 Å². The van der Waals surface area contributed by atoms with Crippen molar-refractivity contribution >= 4 is 11.6 Å². The molecule has 0 fully saturated rings. The Bertz CT molecular complexity index is 668. The highest BCUT2D eigenvalue weighted by Gasteiger charge is 2.16. The molecule has 2 rings (SSSR count). The smallest absolute Gasteiger partial charge is 0.304 e. The number of nitro groups is 1. The average molecular weight is 278 g/mol. The van der Waals surface area contributed by atoms with Crippen molar-refractivity contribution in [2.45, 2.75) is 6.54 Å². The molecule has 0 aliphatic carbocycles. The molecule has 0 aliphatic heterocycles. The molecule has 7 nitrogen and oxygen atoms in total. The number of hydrogen-bond donors (Lipinski definition) is 1. The van der Waals surface area contributed by atoms with Crippen molar-refractivity contribution in [3.8, 4) is 0 Å².